The molecule has 0 unspecified atom stereocenters. The van der Waals surface area contributed by atoms with Crippen molar-refractivity contribution in [2.45, 2.75) is 26.4 Å². The Kier molecular flexibility index (Phi) is 4.36. The van der Waals surface area contributed by atoms with Gasteiger partial charge in [-0.2, -0.15) is 8.78 Å². The Balaban J connectivity index is 2.70. The minimum Gasteiger partial charge on any atom is -0.433 e. The highest BCUT2D eigenvalue weighted by Crippen LogP contribution is 2.21. The van der Waals surface area contributed by atoms with Crippen molar-refractivity contribution < 1.29 is 18.3 Å². The van der Waals surface area contributed by atoms with Gasteiger partial charge in [-0.3, -0.25) is 10.2 Å². The molecule has 18 heavy (non-hydrogen) atoms. The largest absolute Gasteiger partial charge is 0.433 e. The smallest absolute Gasteiger partial charge is 0.394 e. The number of nitrogens with one attached hydrogen (secondary N) is 2. The van der Waals surface area contributed by atoms with Gasteiger partial charge in [0.15, 0.2) is 0 Å². The van der Waals surface area contributed by atoms with Gasteiger partial charge in [-0.25, -0.2) is 0 Å². The van der Waals surface area contributed by atoms with E-state index in [2.05, 4.69) is 10.1 Å². The van der Waals surface area contributed by atoms with Gasteiger partial charge >= 0.3 is 6.11 Å². The molecule has 2 N–H and O–H groups in total. The van der Waals surface area contributed by atoms with Crippen LogP contribution in [0.2, 0.25) is 0 Å². The fraction of sp³-hybridized carbons (Fsp3) is 0.333. The summed E-state index contributed by atoms with van der Waals surface area (Å²) in [7, 11) is 0. The number of benzene rings is 1. The molecule has 4 nitrogen and oxygen atoms in total. The van der Waals surface area contributed by atoms with Crippen molar-refractivity contribution in [3.8, 4) is 5.75 Å². The predicted octanol–water partition coefficient (Wildman–Crippen LogP) is 2.33. The summed E-state index contributed by atoms with van der Waals surface area (Å²) in [5.41, 5.74) is 0.538. The van der Waals surface area contributed by atoms with Crippen LogP contribution in [0, 0.1) is 5.41 Å². The number of carbonyl (C=O) groups excluding carboxylic acids is 1. The average molecular weight is 256 g/mol. The van der Waals surface area contributed by atoms with Crippen molar-refractivity contribution in [1.82, 2.24) is 5.32 Å². The van der Waals surface area contributed by atoms with Gasteiger partial charge in [0.2, 0.25) is 5.91 Å². The van der Waals surface area contributed by atoms with E-state index in [-0.39, 0.29) is 23.9 Å². The number of halogens is 2. The molecule has 0 atom stereocenters. The molecule has 0 aliphatic rings. The first-order chi connectivity index (χ1) is 8.26. The van der Waals surface area contributed by atoms with E-state index < -0.39 is 6.11 Å². The molecule has 0 saturated carbocycles. The van der Waals surface area contributed by atoms with Gasteiger partial charge in [0, 0.05) is 6.92 Å². The number of hydrogen-bond donors (Lipinski definition) is 2. The highest BCUT2D eigenvalue weighted by Gasteiger charge is 2.23. The minimum atomic E-state index is -3.26. The first-order valence-corrected chi connectivity index (χ1v) is 5.27. The van der Waals surface area contributed by atoms with E-state index in [4.69, 9.17) is 5.41 Å². The second kappa shape index (κ2) is 5.57. The summed E-state index contributed by atoms with van der Waals surface area (Å²) in [6.45, 7) is 2.08. The van der Waals surface area contributed by atoms with Crippen LogP contribution < -0.4 is 10.1 Å². The fourth-order valence-electron chi connectivity index (χ4n) is 1.36. The van der Waals surface area contributed by atoms with Crippen molar-refractivity contribution >= 4 is 11.7 Å². The molecule has 0 aliphatic carbocycles. The maximum atomic E-state index is 12.6. The Morgan fingerprint density at radius 2 is 2.17 bits per heavy atom. The maximum absolute atomic E-state index is 12.6. The standard InChI is InChI=1S/C12H14F2N2O2/c1-8(15)16-11(17)7-9-4-3-5-10(6-9)18-12(2,13)14/h3-6H,7H2,1-2H3,(H2,15,16,17). The first kappa shape index (κ1) is 14.1. The molecule has 0 aliphatic heterocycles. The molecule has 1 aromatic carbocycles. The zero-order valence-electron chi connectivity index (χ0n) is 10.1. The molecule has 0 fully saturated rings. The zero-order valence-corrected chi connectivity index (χ0v) is 10.1. The molecule has 1 rings (SSSR count). The second-order valence-corrected chi connectivity index (χ2v) is 3.91. The lowest BCUT2D eigenvalue weighted by atomic mass is 10.1. The molecular formula is C12H14F2N2O2. The van der Waals surface area contributed by atoms with Gasteiger partial charge in [-0.15, -0.1) is 0 Å². The molecule has 0 spiro atoms. The quantitative estimate of drug-likeness (QED) is 0.641. The Morgan fingerprint density at radius 1 is 1.50 bits per heavy atom. The van der Waals surface area contributed by atoms with E-state index in [0.29, 0.717) is 12.5 Å². The lowest BCUT2D eigenvalue weighted by molar-refractivity contribution is -0.158. The molecule has 0 saturated heterocycles. The van der Waals surface area contributed by atoms with Crippen LogP contribution >= 0.6 is 0 Å². The van der Waals surface area contributed by atoms with Crippen molar-refractivity contribution in [1.29, 1.82) is 5.41 Å². The molecular weight excluding hydrogens is 242 g/mol. The number of amides is 1. The number of rotatable bonds is 4. The zero-order chi connectivity index (χ0) is 13.8. The summed E-state index contributed by atoms with van der Waals surface area (Å²) >= 11 is 0. The molecule has 0 heterocycles. The fourth-order valence-corrected chi connectivity index (χ4v) is 1.36. The maximum Gasteiger partial charge on any atom is 0.394 e. The number of ether oxygens (including phenoxy) is 1. The molecule has 0 radical (unpaired) electrons. The SMILES string of the molecule is CC(=N)NC(=O)Cc1cccc(OC(C)(F)F)c1. The van der Waals surface area contributed by atoms with E-state index in [1.807, 2.05) is 0 Å². The minimum absolute atomic E-state index is 0.000579. The highest BCUT2D eigenvalue weighted by molar-refractivity contribution is 5.96. The topological polar surface area (TPSA) is 62.2 Å². The van der Waals surface area contributed by atoms with Crippen LogP contribution in [0.4, 0.5) is 8.78 Å². The summed E-state index contributed by atoms with van der Waals surface area (Å²) in [5.74, 6) is -0.338. The lowest BCUT2D eigenvalue weighted by Gasteiger charge is -2.13. The monoisotopic (exact) mass is 256 g/mol. The highest BCUT2D eigenvalue weighted by atomic mass is 19.3. The number of hydrogen-bond acceptors (Lipinski definition) is 3. The van der Waals surface area contributed by atoms with Crippen molar-refractivity contribution in [2.75, 3.05) is 0 Å². The van der Waals surface area contributed by atoms with E-state index in [9.17, 15) is 13.6 Å². The van der Waals surface area contributed by atoms with Crippen LogP contribution in [-0.4, -0.2) is 17.9 Å². The van der Waals surface area contributed by atoms with Crippen LogP contribution in [0.3, 0.4) is 0 Å². The van der Waals surface area contributed by atoms with Crippen LogP contribution in [0.15, 0.2) is 24.3 Å². The Hall–Kier alpha value is -1.98. The van der Waals surface area contributed by atoms with Gasteiger partial charge in [0.1, 0.15) is 5.75 Å². The third kappa shape index (κ3) is 5.38. The molecule has 6 heteroatoms. The van der Waals surface area contributed by atoms with Crippen LogP contribution in [0.5, 0.6) is 5.75 Å². The Bertz CT molecular complexity index is 456. The lowest BCUT2D eigenvalue weighted by Crippen LogP contribution is -2.28. The average Bonchev–Trinajstić information content (AvgIpc) is 2.13. The van der Waals surface area contributed by atoms with Crippen LogP contribution in [-0.2, 0) is 11.2 Å². The van der Waals surface area contributed by atoms with Gasteiger partial charge in [0.05, 0.1) is 12.3 Å². The van der Waals surface area contributed by atoms with Crippen LogP contribution in [0.25, 0.3) is 0 Å². The number of carbonyl (C=O) groups is 1. The summed E-state index contributed by atoms with van der Waals surface area (Å²) < 4.78 is 29.7. The Morgan fingerprint density at radius 3 is 2.72 bits per heavy atom. The van der Waals surface area contributed by atoms with E-state index in [1.54, 1.807) is 6.07 Å². The predicted molar refractivity (Wildman–Crippen MR) is 62.9 cm³/mol. The molecule has 98 valence electrons. The summed E-state index contributed by atoms with van der Waals surface area (Å²) in [5, 5.41) is 9.41. The molecule has 0 bridgehead atoms. The summed E-state index contributed by atoms with van der Waals surface area (Å²) in [6, 6.07) is 5.91. The van der Waals surface area contributed by atoms with Gasteiger partial charge in [-0.05, 0) is 24.6 Å². The molecule has 0 aromatic heterocycles. The Labute approximate surface area is 103 Å². The summed E-state index contributed by atoms with van der Waals surface area (Å²) in [6.07, 6.45) is -3.25. The number of alkyl halides is 2. The first-order valence-electron chi connectivity index (χ1n) is 5.27. The van der Waals surface area contributed by atoms with Gasteiger partial charge in [-0.1, -0.05) is 12.1 Å². The van der Waals surface area contributed by atoms with Crippen molar-refractivity contribution in [2.24, 2.45) is 0 Å². The van der Waals surface area contributed by atoms with E-state index >= 15 is 0 Å². The van der Waals surface area contributed by atoms with Crippen molar-refractivity contribution in [3.63, 3.8) is 0 Å². The summed E-state index contributed by atoms with van der Waals surface area (Å²) in [4.78, 5) is 11.4. The molecule has 1 aromatic rings. The van der Waals surface area contributed by atoms with Gasteiger partial charge in [0.25, 0.3) is 0 Å². The van der Waals surface area contributed by atoms with E-state index in [1.165, 1.54) is 25.1 Å². The van der Waals surface area contributed by atoms with Crippen LogP contribution in [0.1, 0.15) is 19.4 Å². The third-order valence-electron chi connectivity index (χ3n) is 1.89. The second-order valence-electron chi connectivity index (χ2n) is 3.91. The van der Waals surface area contributed by atoms with Crippen molar-refractivity contribution in [3.05, 3.63) is 29.8 Å². The third-order valence-corrected chi connectivity index (χ3v) is 1.89. The normalized spacial score (nSPS) is 10.9. The van der Waals surface area contributed by atoms with Gasteiger partial charge < -0.3 is 10.1 Å². The van der Waals surface area contributed by atoms with E-state index in [0.717, 1.165) is 0 Å². The number of amidine groups is 1. The molecule has 1 amide bonds.